The number of rotatable bonds is 5. The van der Waals surface area contributed by atoms with Crippen molar-refractivity contribution in [1.29, 1.82) is 0 Å². The number of ether oxygens (including phenoxy) is 1. The van der Waals surface area contributed by atoms with Crippen LogP contribution in [0.1, 0.15) is 31.9 Å². The Kier molecular flexibility index (Phi) is 4.88. The fourth-order valence-corrected chi connectivity index (χ4v) is 4.18. The number of carbonyl (C=O) groups is 1. The third-order valence-corrected chi connectivity index (χ3v) is 5.42. The van der Waals surface area contributed by atoms with Gasteiger partial charge in [-0.2, -0.15) is 0 Å². The molecular weight excluding hydrogens is 290 g/mol. The minimum Gasteiger partial charge on any atom is -0.494 e. The predicted molar refractivity (Wildman–Crippen MR) is 80.9 cm³/mol. The highest BCUT2D eigenvalue weighted by Crippen LogP contribution is 2.21. The van der Waals surface area contributed by atoms with E-state index < -0.39 is 15.8 Å². The highest BCUT2D eigenvalue weighted by Gasteiger charge is 2.33. The van der Waals surface area contributed by atoms with Crippen LogP contribution in [0, 0.1) is 5.92 Å². The van der Waals surface area contributed by atoms with E-state index in [0.29, 0.717) is 13.0 Å². The third-order valence-electron chi connectivity index (χ3n) is 3.65. The summed E-state index contributed by atoms with van der Waals surface area (Å²) in [4.78, 5) is 12.1. The number of amides is 1. The Morgan fingerprint density at radius 3 is 2.57 bits per heavy atom. The largest absolute Gasteiger partial charge is 0.494 e. The molecule has 2 rings (SSSR count). The molecule has 0 aromatic heterocycles. The van der Waals surface area contributed by atoms with Crippen LogP contribution in [0.2, 0.25) is 0 Å². The van der Waals surface area contributed by atoms with Crippen LogP contribution >= 0.6 is 0 Å². The molecular formula is C15H21NO4S. The van der Waals surface area contributed by atoms with Gasteiger partial charge in [-0.05, 0) is 38.0 Å². The van der Waals surface area contributed by atoms with Gasteiger partial charge in [-0.1, -0.05) is 12.1 Å². The topological polar surface area (TPSA) is 72.5 Å². The van der Waals surface area contributed by atoms with Crippen molar-refractivity contribution in [3.05, 3.63) is 29.8 Å². The zero-order valence-electron chi connectivity index (χ0n) is 12.3. The van der Waals surface area contributed by atoms with Crippen molar-refractivity contribution in [2.24, 2.45) is 5.92 Å². The van der Waals surface area contributed by atoms with Crippen molar-refractivity contribution in [3.63, 3.8) is 0 Å². The molecule has 0 aliphatic carbocycles. The molecule has 2 atom stereocenters. The van der Waals surface area contributed by atoms with Gasteiger partial charge in [0, 0.05) is 0 Å². The van der Waals surface area contributed by atoms with Crippen LogP contribution < -0.4 is 10.1 Å². The average Bonchev–Trinajstić information content (AvgIpc) is 2.80. The second-order valence-electron chi connectivity index (χ2n) is 5.33. The maximum Gasteiger partial charge on any atom is 0.224 e. The summed E-state index contributed by atoms with van der Waals surface area (Å²) in [6, 6.07) is 7.38. The van der Waals surface area contributed by atoms with Crippen molar-refractivity contribution >= 4 is 15.7 Å². The van der Waals surface area contributed by atoms with Crippen molar-refractivity contribution in [1.82, 2.24) is 5.32 Å². The Balaban J connectivity index is 1.94. The molecule has 0 radical (unpaired) electrons. The number of hydrogen-bond acceptors (Lipinski definition) is 4. The first kappa shape index (κ1) is 15.8. The number of benzene rings is 1. The summed E-state index contributed by atoms with van der Waals surface area (Å²) in [5.74, 6) is 0.274. The Morgan fingerprint density at radius 2 is 2.05 bits per heavy atom. The molecule has 1 fully saturated rings. The number of hydrogen-bond donors (Lipinski definition) is 1. The Bertz CT molecular complexity index is 595. The molecule has 1 aliphatic heterocycles. The minimum absolute atomic E-state index is 0.0329. The van der Waals surface area contributed by atoms with E-state index in [2.05, 4.69) is 5.32 Å². The molecule has 1 N–H and O–H groups in total. The molecule has 1 amide bonds. The van der Waals surface area contributed by atoms with Crippen LogP contribution in [0.5, 0.6) is 5.75 Å². The summed E-state index contributed by atoms with van der Waals surface area (Å²) in [5.41, 5.74) is 0.965. The van der Waals surface area contributed by atoms with E-state index in [4.69, 9.17) is 4.74 Å². The summed E-state index contributed by atoms with van der Waals surface area (Å²) in [7, 11) is -3.03. The van der Waals surface area contributed by atoms with E-state index in [9.17, 15) is 13.2 Å². The molecule has 116 valence electrons. The zero-order chi connectivity index (χ0) is 15.5. The summed E-state index contributed by atoms with van der Waals surface area (Å²) in [5, 5.41) is 2.88. The lowest BCUT2D eigenvalue weighted by Crippen LogP contribution is -2.33. The molecule has 1 aromatic rings. The van der Waals surface area contributed by atoms with Gasteiger partial charge in [0.25, 0.3) is 0 Å². The van der Waals surface area contributed by atoms with Crippen LogP contribution in [-0.2, 0) is 14.6 Å². The Hall–Kier alpha value is -1.56. The molecule has 0 spiro atoms. The molecule has 2 unspecified atom stereocenters. The van der Waals surface area contributed by atoms with E-state index in [1.165, 1.54) is 0 Å². The highest BCUT2D eigenvalue weighted by atomic mass is 32.2. The Labute approximate surface area is 125 Å². The lowest BCUT2D eigenvalue weighted by atomic mass is 10.1. The Morgan fingerprint density at radius 1 is 1.38 bits per heavy atom. The van der Waals surface area contributed by atoms with Crippen molar-refractivity contribution in [3.8, 4) is 5.75 Å². The second kappa shape index (κ2) is 6.47. The quantitative estimate of drug-likeness (QED) is 0.898. The van der Waals surface area contributed by atoms with E-state index in [1.54, 1.807) is 0 Å². The summed E-state index contributed by atoms with van der Waals surface area (Å²) < 4.78 is 28.2. The van der Waals surface area contributed by atoms with Crippen LogP contribution in [0.3, 0.4) is 0 Å². The van der Waals surface area contributed by atoms with E-state index in [-0.39, 0.29) is 23.5 Å². The van der Waals surface area contributed by atoms with Gasteiger partial charge >= 0.3 is 0 Å². The standard InChI is InChI=1S/C15H21NO4S/c1-3-20-14-6-4-12(5-7-14)11(2)16-15(17)13-8-9-21(18,19)10-13/h4-7,11,13H,3,8-10H2,1-2H3,(H,16,17). The third kappa shape index (κ3) is 4.20. The van der Waals surface area contributed by atoms with E-state index in [1.807, 2.05) is 38.1 Å². The first-order chi connectivity index (χ1) is 9.91. The minimum atomic E-state index is -3.03. The van der Waals surface area contributed by atoms with Gasteiger partial charge in [0.2, 0.25) is 5.91 Å². The normalized spacial score (nSPS) is 21.7. The van der Waals surface area contributed by atoms with Gasteiger partial charge in [0.05, 0.1) is 30.1 Å². The number of nitrogens with one attached hydrogen (secondary N) is 1. The van der Waals surface area contributed by atoms with Gasteiger partial charge in [-0.15, -0.1) is 0 Å². The fourth-order valence-electron chi connectivity index (χ4n) is 2.44. The van der Waals surface area contributed by atoms with Crippen LogP contribution in [0.4, 0.5) is 0 Å². The average molecular weight is 311 g/mol. The molecule has 0 bridgehead atoms. The van der Waals surface area contributed by atoms with Gasteiger partial charge < -0.3 is 10.1 Å². The molecule has 1 aromatic carbocycles. The molecule has 21 heavy (non-hydrogen) atoms. The van der Waals surface area contributed by atoms with E-state index in [0.717, 1.165) is 11.3 Å². The monoisotopic (exact) mass is 311 g/mol. The first-order valence-corrected chi connectivity index (χ1v) is 8.97. The SMILES string of the molecule is CCOc1ccc(C(C)NC(=O)C2CCS(=O)(=O)C2)cc1. The summed E-state index contributed by atoms with van der Waals surface area (Å²) >= 11 is 0. The summed E-state index contributed by atoms with van der Waals surface area (Å²) in [6.07, 6.45) is 0.421. The second-order valence-corrected chi connectivity index (χ2v) is 7.56. The van der Waals surface area contributed by atoms with E-state index >= 15 is 0 Å². The smallest absolute Gasteiger partial charge is 0.224 e. The number of carbonyl (C=O) groups excluding carboxylic acids is 1. The van der Waals surface area contributed by atoms with Gasteiger partial charge in [0.1, 0.15) is 5.75 Å². The summed E-state index contributed by atoms with van der Waals surface area (Å²) in [6.45, 7) is 4.42. The van der Waals surface area contributed by atoms with Crippen molar-refractivity contribution in [2.45, 2.75) is 26.3 Å². The molecule has 1 aliphatic rings. The highest BCUT2D eigenvalue weighted by molar-refractivity contribution is 7.91. The molecule has 1 heterocycles. The number of sulfone groups is 1. The molecule has 0 saturated carbocycles. The van der Waals surface area contributed by atoms with Crippen LogP contribution in [-0.4, -0.2) is 32.4 Å². The predicted octanol–water partition coefficient (Wildman–Crippen LogP) is 1.70. The maximum absolute atomic E-state index is 12.1. The van der Waals surface area contributed by atoms with Gasteiger partial charge in [0.15, 0.2) is 9.84 Å². The van der Waals surface area contributed by atoms with Crippen LogP contribution in [0.25, 0.3) is 0 Å². The lowest BCUT2D eigenvalue weighted by molar-refractivity contribution is -0.124. The fraction of sp³-hybridized carbons (Fsp3) is 0.533. The van der Waals surface area contributed by atoms with Gasteiger partial charge in [-0.3, -0.25) is 4.79 Å². The molecule has 1 saturated heterocycles. The van der Waals surface area contributed by atoms with Crippen molar-refractivity contribution < 1.29 is 17.9 Å². The maximum atomic E-state index is 12.1. The van der Waals surface area contributed by atoms with Gasteiger partial charge in [-0.25, -0.2) is 8.42 Å². The zero-order valence-corrected chi connectivity index (χ0v) is 13.2. The lowest BCUT2D eigenvalue weighted by Gasteiger charge is -2.17. The van der Waals surface area contributed by atoms with Crippen molar-refractivity contribution in [2.75, 3.05) is 18.1 Å². The first-order valence-electron chi connectivity index (χ1n) is 7.15. The molecule has 6 heteroatoms. The van der Waals surface area contributed by atoms with Crippen LogP contribution in [0.15, 0.2) is 24.3 Å². The molecule has 5 nitrogen and oxygen atoms in total.